The minimum atomic E-state index is -4.83. The van der Waals surface area contributed by atoms with Crippen LogP contribution in [0.25, 0.3) is 0 Å². The van der Waals surface area contributed by atoms with Crippen molar-refractivity contribution < 1.29 is 37.1 Å². The van der Waals surface area contributed by atoms with E-state index in [4.69, 9.17) is 9.57 Å². The topological polar surface area (TPSA) is 68.3 Å². The minimum absolute atomic E-state index is 0.389. The monoisotopic (exact) mass is 526 g/mol. The minimum Gasteiger partial charge on any atom is -0.494 e. The third-order valence-electron chi connectivity index (χ3n) is 6.44. The molecule has 3 aromatic rings. The van der Waals surface area contributed by atoms with E-state index in [2.05, 4.69) is 11.7 Å². The Kier molecular flexibility index (Phi) is 6.98. The predicted octanol–water partition coefficient (Wildman–Crippen LogP) is 5.82. The van der Waals surface area contributed by atoms with E-state index < -0.39 is 36.2 Å². The predicted molar refractivity (Wildman–Crippen MR) is 132 cm³/mol. The number of anilines is 2. The van der Waals surface area contributed by atoms with Gasteiger partial charge >= 0.3 is 6.36 Å². The number of imide groups is 1. The van der Waals surface area contributed by atoms with E-state index in [0.29, 0.717) is 29.3 Å². The van der Waals surface area contributed by atoms with Crippen molar-refractivity contribution in [1.82, 2.24) is 0 Å². The van der Waals surface area contributed by atoms with Gasteiger partial charge in [0.05, 0.1) is 24.0 Å². The summed E-state index contributed by atoms with van der Waals surface area (Å²) in [7, 11) is 0. The molecule has 2 heterocycles. The molecule has 0 spiro atoms. The molecule has 0 bridgehead atoms. The van der Waals surface area contributed by atoms with Gasteiger partial charge in [0.15, 0.2) is 6.10 Å². The number of amides is 2. The number of ether oxygens (including phenoxy) is 2. The van der Waals surface area contributed by atoms with Gasteiger partial charge in [0.25, 0.3) is 5.91 Å². The highest BCUT2D eigenvalue weighted by Crippen LogP contribution is 2.48. The first-order valence-corrected chi connectivity index (χ1v) is 12.2. The molecule has 198 valence electrons. The number of alkyl halides is 3. The lowest BCUT2D eigenvalue weighted by Gasteiger charge is -2.29. The Morgan fingerprint density at radius 2 is 1.50 bits per heavy atom. The lowest BCUT2D eigenvalue weighted by atomic mass is 9.90. The number of hydroxylamine groups is 1. The summed E-state index contributed by atoms with van der Waals surface area (Å²) in [4.78, 5) is 34.3. The molecule has 38 heavy (non-hydrogen) atoms. The van der Waals surface area contributed by atoms with Crippen molar-refractivity contribution in [3.8, 4) is 11.5 Å². The molecule has 0 radical (unpaired) electrons. The summed E-state index contributed by atoms with van der Waals surface area (Å²) in [6.45, 7) is 2.63. The SMILES string of the molecule is CCCCOc1ccc(N2C(=O)[C@@H]3[C@@H](ON(c4ccccc4)[C@H]3c3ccc(OC(F)(F)F)cc3)C2=O)cc1. The highest BCUT2D eigenvalue weighted by Gasteiger charge is 2.60. The Labute approximate surface area is 217 Å². The van der Waals surface area contributed by atoms with Crippen molar-refractivity contribution in [2.45, 2.75) is 38.3 Å². The Hall–Kier alpha value is -4.05. The molecule has 0 unspecified atom stereocenters. The van der Waals surface area contributed by atoms with Crippen LogP contribution >= 0.6 is 0 Å². The molecule has 0 saturated carbocycles. The number of hydrogen-bond acceptors (Lipinski definition) is 6. The average Bonchev–Trinajstić information content (AvgIpc) is 3.41. The molecule has 2 fully saturated rings. The highest BCUT2D eigenvalue weighted by molar-refractivity contribution is 6.23. The number of carbonyl (C=O) groups excluding carboxylic acids is 2. The Morgan fingerprint density at radius 3 is 2.13 bits per heavy atom. The molecule has 3 aromatic carbocycles. The lowest BCUT2D eigenvalue weighted by molar-refractivity contribution is -0.274. The molecule has 5 rings (SSSR count). The molecular formula is C28H25F3N2O5. The molecule has 2 aliphatic heterocycles. The maximum Gasteiger partial charge on any atom is 0.573 e. The second-order valence-corrected chi connectivity index (χ2v) is 8.98. The van der Waals surface area contributed by atoms with Crippen LogP contribution in [0.1, 0.15) is 31.4 Å². The van der Waals surface area contributed by atoms with Crippen LogP contribution in [0.4, 0.5) is 24.5 Å². The van der Waals surface area contributed by atoms with Gasteiger partial charge in [-0.1, -0.05) is 43.7 Å². The summed E-state index contributed by atoms with van der Waals surface area (Å²) in [5, 5.41) is 1.48. The Balaban J connectivity index is 1.45. The summed E-state index contributed by atoms with van der Waals surface area (Å²) in [5.41, 5.74) is 1.49. The molecular weight excluding hydrogens is 501 g/mol. The van der Waals surface area contributed by atoms with Gasteiger partial charge in [0.2, 0.25) is 5.91 Å². The number of unbranched alkanes of at least 4 members (excludes halogenated alkanes) is 1. The van der Waals surface area contributed by atoms with Gasteiger partial charge in [0.1, 0.15) is 17.4 Å². The molecule has 2 amide bonds. The van der Waals surface area contributed by atoms with E-state index in [-0.39, 0.29) is 5.75 Å². The molecule has 0 N–H and O–H groups in total. The normalized spacial score (nSPS) is 21.1. The van der Waals surface area contributed by atoms with E-state index in [1.165, 1.54) is 29.3 Å². The first-order chi connectivity index (χ1) is 18.3. The number of carbonyl (C=O) groups is 2. The zero-order chi connectivity index (χ0) is 26.9. The number of rotatable bonds is 8. The maximum atomic E-state index is 13.7. The van der Waals surface area contributed by atoms with Crippen LogP contribution in [0.5, 0.6) is 11.5 Å². The van der Waals surface area contributed by atoms with Crippen LogP contribution < -0.4 is 19.4 Å². The third kappa shape index (κ3) is 5.04. The largest absolute Gasteiger partial charge is 0.573 e. The quantitative estimate of drug-likeness (QED) is 0.272. The smallest absolute Gasteiger partial charge is 0.494 e. The van der Waals surface area contributed by atoms with Crippen molar-refractivity contribution in [1.29, 1.82) is 0 Å². The van der Waals surface area contributed by atoms with Crippen LogP contribution in [0, 0.1) is 5.92 Å². The van der Waals surface area contributed by atoms with E-state index in [9.17, 15) is 22.8 Å². The van der Waals surface area contributed by atoms with Crippen LogP contribution in [-0.2, 0) is 14.4 Å². The van der Waals surface area contributed by atoms with Gasteiger partial charge in [-0.05, 0) is 60.5 Å². The van der Waals surface area contributed by atoms with Gasteiger partial charge in [-0.25, -0.2) is 9.96 Å². The Morgan fingerprint density at radius 1 is 0.842 bits per heavy atom. The van der Waals surface area contributed by atoms with Crippen LogP contribution in [0.15, 0.2) is 78.9 Å². The van der Waals surface area contributed by atoms with Crippen molar-refractivity contribution >= 4 is 23.2 Å². The van der Waals surface area contributed by atoms with Gasteiger partial charge in [-0.15, -0.1) is 13.2 Å². The second-order valence-electron chi connectivity index (χ2n) is 8.98. The second kappa shape index (κ2) is 10.4. The summed E-state index contributed by atoms with van der Waals surface area (Å²) in [6.07, 6.45) is -4.02. The van der Waals surface area contributed by atoms with Crippen molar-refractivity contribution in [2.75, 3.05) is 16.6 Å². The summed E-state index contributed by atoms with van der Waals surface area (Å²) >= 11 is 0. The summed E-state index contributed by atoms with van der Waals surface area (Å²) in [5.74, 6) is -1.65. The maximum absolute atomic E-state index is 13.7. The first-order valence-electron chi connectivity index (χ1n) is 12.2. The number of para-hydroxylation sites is 1. The molecule has 0 aliphatic carbocycles. The number of halogens is 3. The number of benzene rings is 3. The van der Waals surface area contributed by atoms with Crippen LogP contribution in [-0.4, -0.2) is 30.9 Å². The highest BCUT2D eigenvalue weighted by atomic mass is 19.4. The third-order valence-corrected chi connectivity index (χ3v) is 6.44. The van der Waals surface area contributed by atoms with E-state index in [1.807, 2.05) is 6.07 Å². The zero-order valence-corrected chi connectivity index (χ0v) is 20.4. The summed E-state index contributed by atoms with van der Waals surface area (Å²) in [6, 6.07) is 20.1. The molecule has 10 heteroatoms. The number of nitrogens with zero attached hydrogens (tertiary/aromatic N) is 2. The molecule has 0 aromatic heterocycles. The van der Waals surface area contributed by atoms with Crippen molar-refractivity contribution in [3.63, 3.8) is 0 Å². The molecule has 2 aliphatic rings. The summed E-state index contributed by atoms with van der Waals surface area (Å²) < 4.78 is 47.6. The fourth-order valence-corrected chi connectivity index (χ4v) is 4.70. The molecule has 7 nitrogen and oxygen atoms in total. The van der Waals surface area contributed by atoms with Crippen LogP contribution in [0.3, 0.4) is 0 Å². The standard InChI is InChI=1S/C28H25F3N2O5/c1-2-3-17-36-21-15-11-19(12-16-21)32-26(34)23-24(18-9-13-22(14-10-18)37-28(29,30)31)33(38-25(23)27(32)35)20-7-5-4-6-8-20/h4-16,23-25H,2-3,17H2,1H3/t23-,24-,25+/m0/s1. The fraction of sp³-hybridized carbons (Fsp3) is 0.286. The van der Waals surface area contributed by atoms with Crippen molar-refractivity contribution in [2.24, 2.45) is 5.92 Å². The number of hydrogen-bond donors (Lipinski definition) is 0. The molecule has 3 atom stereocenters. The average molecular weight is 527 g/mol. The first kappa shape index (κ1) is 25.6. The fourth-order valence-electron chi connectivity index (χ4n) is 4.70. The van der Waals surface area contributed by atoms with E-state index >= 15 is 0 Å². The Bertz CT molecular complexity index is 1280. The van der Waals surface area contributed by atoms with E-state index in [1.54, 1.807) is 48.5 Å². The zero-order valence-electron chi connectivity index (χ0n) is 20.4. The van der Waals surface area contributed by atoms with Crippen molar-refractivity contribution in [3.05, 3.63) is 84.4 Å². The number of fused-ring (bicyclic) bond motifs is 1. The van der Waals surface area contributed by atoms with Crippen LogP contribution in [0.2, 0.25) is 0 Å². The molecule has 2 saturated heterocycles. The van der Waals surface area contributed by atoms with E-state index in [0.717, 1.165) is 17.7 Å². The van der Waals surface area contributed by atoms with Gasteiger partial charge in [-0.3, -0.25) is 14.4 Å². The lowest BCUT2D eigenvalue weighted by Crippen LogP contribution is -2.37. The van der Waals surface area contributed by atoms with Gasteiger partial charge in [-0.2, -0.15) is 0 Å². The van der Waals surface area contributed by atoms with Gasteiger partial charge in [0, 0.05) is 0 Å². The van der Waals surface area contributed by atoms with Gasteiger partial charge < -0.3 is 9.47 Å².